The second-order valence-corrected chi connectivity index (χ2v) is 5.86. The summed E-state index contributed by atoms with van der Waals surface area (Å²) < 4.78 is 11.6. The fourth-order valence-electron chi connectivity index (χ4n) is 2.83. The highest BCUT2D eigenvalue weighted by Crippen LogP contribution is 2.20. The van der Waals surface area contributed by atoms with Gasteiger partial charge in [0.1, 0.15) is 0 Å². The maximum atomic E-state index is 12.3. The smallest absolute Gasteiger partial charge is 0.165 e. The minimum Gasteiger partial charge on any atom is -0.353 e. The lowest BCUT2D eigenvalue weighted by Crippen LogP contribution is -2.34. The number of carbonyl (C=O) groups excluding carboxylic acids is 1. The maximum Gasteiger partial charge on any atom is 0.165 e. The Bertz CT molecular complexity index is 609. The number of hydrogen-bond acceptors (Lipinski definition) is 3. The molecule has 2 aromatic rings. The largest absolute Gasteiger partial charge is 0.353 e. The summed E-state index contributed by atoms with van der Waals surface area (Å²) in [6, 6.07) is 19.7. The van der Waals surface area contributed by atoms with Crippen LogP contribution in [0.25, 0.3) is 0 Å². The van der Waals surface area contributed by atoms with Crippen LogP contribution in [-0.4, -0.2) is 24.8 Å². The van der Waals surface area contributed by atoms with E-state index in [1.54, 1.807) is 0 Å². The minimum atomic E-state index is -0.211. The van der Waals surface area contributed by atoms with Crippen molar-refractivity contribution in [1.82, 2.24) is 0 Å². The van der Waals surface area contributed by atoms with E-state index in [2.05, 4.69) is 12.1 Å². The average Bonchev–Trinajstić information content (AvgIpc) is 2.62. The molecule has 0 aromatic heterocycles. The van der Waals surface area contributed by atoms with Gasteiger partial charge in [-0.2, -0.15) is 0 Å². The number of benzene rings is 2. The number of carbonyl (C=O) groups is 1. The van der Waals surface area contributed by atoms with Crippen LogP contribution in [0.2, 0.25) is 0 Å². The van der Waals surface area contributed by atoms with Crippen molar-refractivity contribution in [2.45, 2.75) is 38.1 Å². The predicted octanol–water partition coefficient (Wildman–Crippen LogP) is 4.02. The first-order valence-electron chi connectivity index (χ1n) is 8.20. The van der Waals surface area contributed by atoms with E-state index in [-0.39, 0.29) is 18.2 Å². The van der Waals surface area contributed by atoms with Crippen molar-refractivity contribution in [3.05, 3.63) is 71.8 Å². The van der Waals surface area contributed by atoms with Crippen molar-refractivity contribution in [3.63, 3.8) is 0 Å². The Morgan fingerprint density at radius 2 is 1.70 bits per heavy atom. The number of hydrogen-bond donors (Lipinski definition) is 0. The predicted molar refractivity (Wildman–Crippen MR) is 89.4 cm³/mol. The molecule has 0 amide bonds. The summed E-state index contributed by atoms with van der Waals surface area (Å²) in [7, 11) is 0. The van der Waals surface area contributed by atoms with Crippen LogP contribution in [0.4, 0.5) is 0 Å². The lowest BCUT2D eigenvalue weighted by Gasteiger charge is -2.30. The summed E-state index contributed by atoms with van der Waals surface area (Å²) in [5, 5.41) is 0. The van der Waals surface area contributed by atoms with E-state index in [1.807, 2.05) is 48.5 Å². The number of ketones is 1. The average molecular weight is 310 g/mol. The standard InChI is InChI=1S/C20H22O3/c21-19(17-9-5-2-6-10-17)15-18-13-14-22-20(23-18)12-11-16-7-3-1-4-8-16/h1-10,18,20H,11-15H2/t18-,20-/m1/s1. The molecule has 120 valence electrons. The van der Waals surface area contributed by atoms with Crippen LogP contribution >= 0.6 is 0 Å². The Balaban J connectivity index is 1.49. The van der Waals surface area contributed by atoms with E-state index in [4.69, 9.17) is 9.47 Å². The van der Waals surface area contributed by atoms with Gasteiger partial charge < -0.3 is 9.47 Å². The molecule has 0 aliphatic carbocycles. The molecule has 1 heterocycles. The minimum absolute atomic E-state index is 0.0442. The van der Waals surface area contributed by atoms with Gasteiger partial charge in [0.15, 0.2) is 12.1 Å². The molecule has 1 aliphatic rings. The molecule has 0 spiro atoms. The highest BCUT2D eigenvalue weighted by molar-refractivity contribution is 5.96. The molecule has 0 N–H and O–H groups in total. The van der Waals surface area contributed by atoms with Crippen LogP contribution in [0.1, 0.15) is 35.2 Å². The SMILES string of the molecule is O=C(C[C@H]1CCO[C@@H](CCc2ccccc2)O1)c1ccccc1. The van der Waals surface area contributed by atoms with Gasteiger partial charge in [0.2, 0.25) is 0 Å². The zero-order chi connectivity index (χ0) is 15.9. The molecular formula is C20H22O3. The molecule has 2 aromatic carbocycles. The van der Waals surface area contributed by atoms with E-state index in [0.717, 1.165) is 24.8 Å². The normalized spacial score (nSPS) is 21.0. The van der Waals surface area contributed by atoms with Gasteiger partial charge >= 0.3 is 0 Å². The molecular weight excluding hydrogens is 288 g/mol. The lowest BCUT2D eigenvalue weighted by molar-refractivity contribution is -0.212. The molecule has 1 fully saturated rings. The fourth-order valence-corrected chi connectivity index (χ4v) is 2.83. The van der Waals surface area contributed by atoms with Crippen molar-refractivity contribution < 1.29 is 14.3 Å². The fraction of sp³-hybridized carbons (Fsp3) is 0.350. The number of ether oxygens (including phenoxy) is 2. The molecule has 1 aliphatic heterocycles. The van der Waals surface area contributed by atoms with Gasteiger partial charge in [0.05, 0.1) is 12.7 Å². The van der Waals surface area contributed by atoms with Crippen molar-refractivity contribution in [1.29, 1.82) is 0 Å². The van der Waals surface area contributed by atoms with Gasteiger partial charge in [0.25, 0.3) is 0 Å². The first-order chi connectivity index (χ1) is 11.3. The summed E-state index contributed by atoms with van der Waals surface area (Å²) >= 11 is 0. The van der Waals surface area contributed by atoms with Crippen LogP contribution in [-0.2, 0) is 15.9 Å². The lowest BCUT2D eigenvalue weighted by atomic mass is 10.0. The summed E-state index contributed by atoms with van der Waals surface area (Å²) in [4.78, 5) is 12.3. The van der Waals surface area contributed by atoms with Gasteiger partial charge in [-0.05, 0) is 18.4 Å². The van der Waals surface area contributed by atoms with Gasteiger partial charge in [-0.1, -0.05) is 60.7 Å². The van der Waals surface area contributed by atoms with E-state index in [1.165, 1.54) is 5.56 Å². The topological polar surface area (TPSA) is 35.5 Å². The summed E-state index contributed by atoms with van der Waals surface area (Å²) in [6.45, 7) is 0.659. The first kappa shape index (κ1) is 15.9. The van der Waals surface area contributed by atoms with Crippen molar-refractivity contribution in [2.75, 3.05) is 6.61 Å². The third-order valence-electron chi connectivity index (χ3n) is 4.11. The molecule has 3 rings (SSSR count). The number of Topliss-reactive ketones (excluding diaryl/α,β-unsaturated/α-hetero) is 1. The first-order valence-corrected chi connectivity index (χ1v) is 8.20. The highest BCUT2D eigenvalue weighted by Gasteiger charge is 2.25. The number of rotatable bonds is 6. The molecule has 3 heteroatoms. The Morgan fingerprint density at radius 1 is 1.00 bits per heavy atom. The molecule has 0 radical (unpaired) electrons. The Kier molecular flexibility index (Phi) is 5.56. The van der Waals surface area contributed by atoms with Crippen molar-refractivity contribution in [3.8, 4) is 0 Å². The van der Waals surface area contributed by atoms with E-state index >= 15 is 0 Å². The third kappa shape index (κ3) is 4.75. The molecule has 1 saturated heterocycles. The van der Waals surface area contributed by atoms with Crippen molar-refractivity contribution in [2.24, 2.45) is 0 Å². The zero-order valence-electron chi connectivity index (χ0n) is 13.2. The van der Waals surface area contributed by atoms with E-state index in [0.29, 0.717) is 13.0 Å². The Morgan fingerprint density at radius 3 is 2.43 bits per heavy atom. The second-order valence-electron chi connectivity index (χ2n) is 5.86. The third-order valence-corrected chi connectivity index (χ3v) is 4.11. The molecule has 0 saturated carbocycles. The molecule has 0 unspecified atom stereocenters. The monoisotopic (exact) mass is 310 g/mol. The van der Waals surface area contributed by atoms with Crippen LogP contribution < -0.4 is 0 Å². The summed E-state index contributed by atoms with van der Waals surface area (Å²) in [5.74, 6) is 0.138. The zero-order valence-corrected chi connectivity index (χ0v) is 13.2. The molecule has 0 bridgehead atoms. The van der Waals surface area contributed by atoms with Crippen LogP contribution in [0.3, 0.4) is 0 Å². The summed E-state index contributed by atoms with van der Waals surface area (Å²) in [6.07, 6.45) is 2.69. The number of aryl methyl sites for hydroxylation is 1. The van der Waals surface area contributed by atoms with E-state index < -0.39 is 0 Å². The second kappa shape index (κ2) is 8.04. The Labute approximate surface area is 137 Å². The highest BCUT2D eigenvalue weighted by atomic mass is 16.7. The maximum absolute atomic E-state index is 12.3. The van der Waals surface area contributed by atoms with Gasteiger partial charge in [-0.25, -0.2) is 0 Å². The van der Waals surface area contributed by atoms with Crippen LogP contribution in [0.5, 0.6) is 0 Å². The van der Waals surface area contributed by atoms with Crippen LogP contribution in [0, 0.1) is 0 Å². The van der Waals surface area contributed by atoms with Crippen LogP contribution in [0.15, 0.2) is 60.7 Å². The van der Waals surface area contributed by atoms with Gasteiger partial charge in [-0.3, -0.25) is 4.79 Å². The molecule has 2 atom stereocenters. The summed E-state index contributed by atoms with van der Waals surface area (Å²) in [5.41, 5.74) is 2.03. The van der Waals surface area contributed by atoms with Crippen molar-refractivity contribution >= 4 is 5.78 Å². The molecule has 23 heavy (non-hydrogen) atoms. The van der Waals surface area contributed by atoms with Gasteiger partial charge in [-0.15, -0.1) is 0 Å². The van der Waals surface area contributed by atoms with Gasteiger partial charge in [0, 0.05) is 18.4 Å². The molecule has 3 nitrogen and oxygen atoms in total. The van der Waals surface area contributed by atoms with E-state index in [9.17, 15) is 4.79 Å². The Hall–Kier alpha value is -1.97. The quantitative estimate of drug-likeness (QED) is 0.756.